The van der Waals surface area contributed by atoms with E-state index in [0.717, 1.165) is 21.3 Å². The number of hydrogen-bond donors (Lipinski definition) is 1. The molecule has 4 aromatic rings. The number of fused-ring (bicyclic) bond motifs is 1. The monoisotopic (exact) mass is 421 g/mol. The number of hydrogen-bond acceptors (Lipinski definition) is 8. The molecule has 2 aromatic heterocycles. The van der Waals surface area contributed by atoms with Gasteiger partial charge in [0.25, 0.3) is 0 Å². The Kier molecular flexibility index (Phi) is 5.28. The summed E-state index contributed by atoms with van der Waals surface area (Å²) < 4.78 is 6.69. The average Bonchev–Trinajstić information content (AvgIpc) is 3.12. The number of aryl methyl sites for hydroxylation is 1. The third-order valence-corrected chi connectivity index (χ3v) is 5.51. The Bertz CT molecular complexity index is 1220. The summed E-state index contributed by atoms with van der Waals surface area (Å²) in [6.45, 7) is 6.15. The quantitative estimate of drug-likeness (QED) is 0.302. The number of para-hydroxylation sites is 1. The number of nitrogens with one attached hydrogen (secondary N) is 1. The van der Waals surface area contributed by atoms with Crippen molar-refractivity contribution in [2.45, 2.75) is 26.7 Å². The molecule has 0 unspecified atom stereocenters. The van der Waals surface area contributed by atoms with Gasteiger partial charge >= 0.3 is 11.6 Å². The van der Waals surface area contributed by atoms with Crippen LogP contribution in [0.25, 0.3) is 10.2 Å². The molecule has 0 atom stereocenters. The first-order valence-electron chi connectivity index (χ1n) is 9.32. The van der Waals surface area contributed by atoms with E-state index >= 15 is 0 Å². The molecule has 1 N–H and O–H groups in total. The number of thiazole rings is 1. The molecule has 2 aromatic carbocycles. The highest BCUT2D eigenvalue weighted by molar-refractivity contribution is 7.22. The van der Waals surface area contributed by atoms with Crippen molar-refractivity contribution in [3.8, 4) is 11.6 Å². The fraction of sp³-hybridized carbons (Fsp3) is 0.190. The van der Waals surface area contributed by atoms with E-state index in [1.807, 2.05) is 37.3 Å². The zero-order chi connectivity index (χ0) is 21.3. The lowest BCUT2D eigenvalue weighted by Crippen LogP contribution is -2.03. The van der Waals surface area contributed by atoms with Gasteiger partial charge in [-0.25, -0.2) is 9.97 Å². The molecule has 0 aliphatic heterocycles. The van der Waals surface area contributed by atoms with E-state index in [9.17, 15) is 10.1 Å². The number of ether oxygens (including phenoxy) is 1. The maximum Gasteiger partial charge on any atom is 0.373 e. The van der Waals surface area contributed by atoms with Crippen molar-refractivity contribution in [3.63, 3.8) is 0 Å². The Morgan fingerprint density at radius 2 is 1.90 bits per heavy atom. The van der Waals surface area contributed by atoms with Crippen LogP contribution in [0.1, 0.15) is 30.9 Å². The van der Waals surface area contributed by atoms with E-state index in [4.69, 9.17) is 4.74 Å². The standard InChI is InChI=1S/C21H19N5O3S/c1-12(2)14-7-9-15(10-8-14)29-20-18(26(27)28)19(22-11-23-20)25-21-24-17-13(3)5-4-6-16(17)30-21/h4-12H,1-3H3,(H,22,23,24,25). The summed E-state index contributed by atoms with van der Waals surface area (Å²) in [7, 11) is 0. The molecule has 0 saturated carbocycles. The lowest BCUT2D eigenvalue weighted by atomic mass is 10.0. The van der Waals surface area contributed by atoms with Crippen LogP contribution in [0.5, 0.6) is 11.6 Å². The van der Waals surface area contributed by atoms with Gasteiger partial charge in [0.2, 0.25) is 5.82 Å². The second-order valence-electron chi connectivity index (χ2n) is 7.02. The van der Waals surface area contributed by atoms with Crippen molar-refractivity contribution in [1.29, 1.82) is 0 Å². The fourth-order valence-electron chi connectivity index (χ4n) is 2.97. The number of rotatable bonds is 6. The van der Waals surface area contributed by atoms with Gasteiger partial charge in [0, 0.05) is 0 Å². The van der Waals surface area contributed by atoms with E-state index in [1.165, 1.54) is 17.7 Å². The minimum absolute atomic E-state index is 0.0282. The summed E-state index contributed by atoms with van der Waals surface area (Å²) in [5.41, 5.74) is 2.68. The van der Waals surface area contributed by atoms with Crippen molar-refractivity contribution in [2.24, 2.45) is 0 Å². The number of nitrogens with zero attached hydrogens (tertiary/aromatic N) is 4. The molecule has 9 heteroatoms. The SMILES string of the molecule is Cc1cccc2sc(Nc3ncnc(Oc4ccc(C(C)C)cc4)c3[N+](=O)[O-])nc12. The molecular weight excluding hydrogens is 402 g/mol. The lowest BCUT2D eigenvalue weighted by molar-refractivity contribution is -0.385. The van der Waals surface area contributed by atoms with Crippen molar-refractivity contribution in [3.05, 3.63) is 70.0 Å². The minimum atomic E-state index is -0.557. The highest BCUT2D eigenvalue weighted by atomic mass is 32.1. The molecule has 152 valence electrons. The number of anilines is 2. The highest BCUT2D eigenvalue weighted by Gasteiger charge is 2.26. The van der Waals surface area contributed by atoms with Crippen LogP contribution < -0.4 is 10.1 Å². The van der Waals surface area contributed by atoms with Crippen LogP contribution in [0, 0.1) is 17.0 Å². The predicted octanol–water partition coefficient (Wildman–Crippen LogP) is 5.96. The molecule has 0 fully saturated rings. The summed E-state index contributed by atoms with van der Waals surface area (Å²) in [4.78, 5) is 23.8. The summed E-state index contributed by atoms with van der Waals surface area (Å²) in [6, 6.07) is 13.3. The first-order chi connectivity index (χ1) is 14.4. The summed E-state index contributed by atoms with van der Waals surface area (Å²) in [5.74, 6) is 0.732. The van der Waals surface area contributed by atoms with Crippen LogP contribution in [0.15, 0.2) is 48.8 Å². The maximum atomic E-state index is 11.8. The van der Waals surface area contributed by atoms with Crippen LogP contribution in [0.3, 0.4) is 0 Å². The summed E-state index contributed by atoms with van der Waals surface area (Å²) >= 11 is 1.39. The second kappa shape index (κ2) is 8.03. The molecule has 0 saturated heterocycles. The molecule has 0 aliphatic rings. The average molecular weight is 421 g/mol. The summed E-state index contributed by atoms with van der Waals surface area (Å²) in [6.07, 6.45) is 1.23. The van der Waals surface area contributed by atoms with Gasteiger partial charge < -0.3 is 10.1 Å². The Hall–Kier alpha value is -3.59. The van der Waals surface area contributed by atoms with Crippen LogP contribution >= 0.6 is 11.3 Å². The molecular formula is C21H19N5O3S. The first-order valence-corrected chi connectivity index (χ1v) is 10.1. The maximum absolute atomic E-state index is 11.8. The molecule has 0 radical (unpaired) electrons. The zero-order valence-corrected chi connectivity index (χ0v) is 17.4. The third-order valence-electron chi connectivity index (χ3n) is 4.58. The fourth-order valence-corrected chi connectivity index (χ4v) is 3.91. The third kappa shape index (κ3) is 3.92. The second-order valence-corrected chi connectivity index (χ2v) is 8.06. The van der Waals surface area contributed by atoms with Gasteiger partial charge in [0.15, 0.2) is 5.13 Å². The molecule has 4 rings (SSSR count). The van der Waals surface area contributed by atoms with E-state index in [2.05, 4.69) is 34.1 Å². The van der Waals surface area contributed by atoms with Crippen molar-refractivity contribution >= 4 is 38.2 Å². The van der Waals surface area contributed by atoms with Gasteiger partial charge in [0.1, 0.15) is 12.1 Å². The zero-order valence-electron chi connectivity index (χ0n) is 16.6. The van der Waals surface area contributed by atoms with Crippen LogP contribution in [0.2, 0.25) is 0 Å². The van der Waals surface area contributed by atoms with Gasteiger partial charge in [-0.2, -0.15) is 4.98 Å². The van der Waals surface area contributed by atoms with Crippen LogP contribution in [-0.4, -0.2) is 19.9 Å². The lowest BCUT2D eigenvalue weighted by Gasteiger charge is -2.09. The Labute approximate surface area is 176 Å². The Balaban J connectivity index is 1.67. The van der Waals surface area contributed by atoms with E-state index in [0.29, 0.717) is 16.8 Å². The van der Waals surface area contributed by atoms with E-state index in [1.54, 1.807) is 12.1 Å². The van der Waals surface area contributed by atoms with Gasteiger partial charge in [-0.05, 0) is 42.2 Å². The Morgan fingerprint density at radius 1 is 1.13 bits per heavy atom. The van der Waals surface area contributed by atoms with Crippen LogP contribution in [0.4, 0.5) is 16.6 Å². The molecule has 30 heavy (non-hydrogen) atoms. The molecule has 0 spiro atoms. The topological polar surface area (TPSA) is 103 Å². The van der Waals surface area contributed by atoms with Gasteiger partial charge in [-0.1, -0.05) is 49.4 Å². The first kappa shape index (κ1) is 19.7. The van der Waals surface area contributed by atoms with Gasteiger partial charge in [0.05, 0.1) is 15.1 Å². The molecule has 0 aliphatic carbocycles. The van der Waals surface area contributed by atoms with Crippen molar-refractivity contribution in [1.82, 2.24) is 15.0 Å². The van der Waals surface area contributed by atoms with Crippen LogP contribution in [-0.2, 0) is 0 Å². The van der Waals surface area contributed by atoms with Crippen molar-refractivity contribution in [2.75, 3.05) is 5.32 Å². The largest absolute Gasteiger partial charge is 0.434 e. The number of benzene rings is 2. The Morgan fingerprint density at radius 3 is 2.57 bits per heavy atom. The predicted molar refractivity (Wildman–Crippen MR) is 117 cm³/mol. The smallest absolute Gasteiger partial charge is 0.373 e. The van der Waals surface area contributed by atoms with E-state index < -0.39 is 4.92 Å². The van der Waals surface area contributed by atoms with Crippen molar-refractivity contribution < 1.29 is 9.66 Å². The highest BCUT2D eigenvalue weighted by Crippen LogP contribution is 2.37. The van der Waals surface area contributed by atoms with E-state index in [-0.39, 0.29) is 17.4 Å². The summed E-state index contributed by atoms with van der Waals surface area (Å²) in [5, 5.41) is 15.2. The van der Waals surface area contributed by atoms with Gasteiger partial charge in [-0.3, -0.25) is 10.1 Å². The molecule has 2 heterocycles. The molecule has 0 bridgehead atoms. The minimum Gasteiger partial charge on any atom is -0.434 e. The number of nitro groups is 1. The normalized spacial score (nSPS) is 11.1. The molecule has 0 amide bonds. The number of aromatic nitrogens is 3. The van der Waals surface area contributed by atoms with Gasteiger partial charge in [-0.15, -0.1) is 0 Å². The molecule has 8 nitrogen and oxygen atoms in total.